The molecule has 1 N–H and O–H groups in total. The molecule has 0 atom stereocenters. The van der Waals surface area contributed by atoms with Crippen LogP contribution in [-0.4, -0.2) is 48.4 Å². The van der Waals surface area contributed by atoms with Crippen LogP contribution in [0.4, 0.5) is 5.13 Å². The summed E-state index contributed by atoms with van der Waals surface area (Å²) in [5.41, 5.74) is 2.43. The van der Waals surface area contributed by atoms with E-state index in [4.69, 9.17) is 9.47 Å². The van der Waals surface area contributed by atoms with Crippen LogP contribution in [0.5, 0.6) is 11.5 Å². The lowest BCUT2D eigenvalue weighted by Crippen LogP contribution is -2.34. The molecule has 9 heteroatoms. The van der Waals surface area contributed by atoms with Crippen molar-refractivity contribution in [2.24, 2.45) is 0 Å². The van der Waals surface area contributed by atoms with E-state index in [0.29, 0.717) is 16.6 Å². The molecule has 1 amide bonds. The van der Waals surface area contributed by atoms with E-state index in [2.05, 4.69) is 25.9 Å². The number of halogens is 1. The van der Waals surface area contributed by atoms with E-state index in [1.165, 1.54) is 16.2 Å². The Morgan fingerprint density at radius 2 is 1.90 bits per heavy atom. The van der Waals surface area contributed by atoms with E-state index >= 15 is 0 Å². The third-order valence-corrected chi connectivity index (χ3v) is 5.82. The largest absolute Gasteiger partial charge is 0.493 e. The van der Waals surface area contributed by atoms with Gasteiger partial charge in [-0.15, -0.1) is 11.3 Å². The molecule has 0 saturated carbocycles. The van der Waals surface area contributed by atoms with Crippen LogP contribution in [0.3, 0.4) is 0 Å². The molecule has 7 nitrogen and oxygen atoms in total. The highest BCUT2D eigenvalue weighted by Crippen LogP contribution is 2.34. The van der Waals surface area contributed by atoms with Gasteiger partial charge in [0, 0.05) is 27.8 Å². The minimum Gasteiger partial charge on any atom is -0.493 e. The lowest BCUT2D eigenvalue weighted by Gasteiger charge is -2.19. The molecule has 2 aromatic heterocycles. The van der Waals surface area contributed by atoms with Crippen molar-refractivity contribution >= 4 is 38.3 Å². The molecule has 1 aromatic carbocycles. The SMILES string of the molecule is COc1cc(Br)c(CC(=O)N(CCO)c2nc(-c3ccncc3)cs2)cc1OC. The quantitative estimate of drug-likeness (QED) is 0.533. The Bertz CT molecular complexity index is 981. The van der Waals surface area contributed by atoms with Gasteiger partial charge in [-0.2, -0.15) is 0 Å². The van der Waals surface area contributed by atoms with E-state index in [1.54, 1.807) is 38.7 Å². The second kappa shape index (κ2) is 9.82. The number of aliphatic hydroxyl groups is 1. The van der Waals surface area contributed by atoms with Crippen molar-refractivity contribution in [3.05, 3.63) is 52.1 Å². The number of rotatable bonds is 8. The normalized spacial score (nSPS) is 10.6. The van der Waals surface area contributed by atoms with E-state index in [9.17, 15) is 9.90 Å². The van der Waals surface area contributed by atoms with E-state index in [1.807, 2.05) is 17.5 Å². The van der Waals surface area contributed by atoms with Gasteiger partial charge in [-0.3, -0.25) is 14.7 Å². The summed E-state index contributed by atoms with van der Waals surface area (Å²) >= 11 is 4.84. The minimum absolute atomic E-state index is 0.116. The van der Waals surface area contributed by atoms with Crippen molar-refractivity contribution < 1.29 is 19.4 Å². The molecule has 0 saturated heterocycles. The summed E-state index contributed by atoms with van der Waals surface area (Å²) in [7, 11) is 3.10. The Morgan fingerprint density at radius 3 is 2.55 bits per heavy atom. The molecule has 3 aromatic rings. The van der Waals surface area contributed by atoms with Gasteiger partial charge in [0.1, 0.15) is 0 Å². The molecular formula is C20H20BrN3O4S. The fraction of sp³-hybridized carbons (Fsp3) is 0.250. The number of aromatic nitrogens is 2. The van der Waals surface area contributed by atoms with Crippen LogP contribution in [0.25, 0.3) is 11.3 Å². The van der Waals surface area contributed by atoms with Crippen molar-refractivity contribution in [2.75, 3.05) is 32.3 Å². The number of anilines is 1. The molecular weight excluding hydrogens is 458 g/mol. The van der Waals surface area contributed by atoms with Crippen LogP contribution in [-0.2, 0) is 11.2 Å². The summed E-state index contributed by atoms with van der Waals surface area (Å²) in [5, 5.41) is 11.9. The monoisotopic (exact) mass is 477 g/mol. The number of aliphatic hydroxyl groups excluding tert-OH is 1. The third-order valence-electron chi connectivity index (χ3n) is 4.22. The number of methoxy groups -OCH3 is 2. The Hall–Kier alpha value is -2.49. The van der Waals surface area contributed by atoms with Gasteiger partial charge >= 0.3 is 0 Å². The first-order valence-electron chi connectivity index (χ1n) is 8.75. The number of thiazole rings is 1. The van der Waals surface area contributed by atoms with Gasteiger partial charge in [-0.05, 0) is 29.8 Å². The Labute approximate surface area is 181 Å². The molecule has 3 rings (SSSR count). The second-order valence-electron chi connectivity index (χ2n) is 6.00. The van der Waals surface area contributed by atoms with Gasteiger partial charge in [0.25, 0.3) is 0 Å². The number of ether oxygens (including phenoxy) is 2. The predicted molar refractivity (Wildman–Crippen MR) is 116 cm³/mol. The first-order chi connectivity index (χ1) is 14.1. The number of hydrogen-bond donors (Lipinski definition) is 1. The van der Waals surface area contributed by atoms with Gasteiger partial charge in [0.05, 0.1) is 39.5 Å². The molecule has 152 valence electrons. The maximum absolute atomic E-state index is 13.0. The molecule has 0 bridgehead atoms. The van der Waals surface area contributed by atoms with Crippen LogP contribution in [0.1, 0.15) is 5.56 Å². The van der Waals surface area contributed by atoms with Crippen LogP contribution < -0.4 is 14.4 Å². The van der Waals surface area contributed by atoms with Gasteiger partial charge < -0.3 is 14.6 Å². The molecule has 2 heterocycles. The number of nitrogens with zero attached hydrogens (tertiary/aromatic N) is 3. The first kappa shape index (κ1) is 21.2. The number of amides is 1. The van der Waals surface area contributed by atoms with Crippen molar-refractivity contribution in [3.8, 4) is 22.8 Å². The zero-order chi connectivity index (χ0) is 20.8. The molecule has 0 unspecified atom stereocenters. The molecule has 29 heavy (non-hydrogen) atoms. The molecule has 0 aliphatic heterocycles. The number of carbonyl (C=O) groups excluding carboxylic acids is 1. The standard InChI is InChI=1S/C20H20BrN3O4S/c1-27-17-9-14(15(21)11-18(17)28-2)10-19(26)24(7-8-25)20-23-16(12-29-20)13-3-5-22-6-4-13/h3-6,9,11-12,25H,7-8,10H2,1-2H3. The van der Waals surface area contributed by atoms with Gasteiger partial charge in [0.2, 0.25) is 5.91 Å². The summed E-state index contributed by atoms with van der Waals surface area (Å²) in [4.78, 5) is 23.1. The van der Waals surface area contributed by atoms with Crippen molar-refractivity contribution in [1.82, 2.24) is 9.97 Å². The zero-order valence-electron chi connectivity index (χ0n) is 16.0. The van der Waals surface area contributed by atoms with Crippen LogP contribution in [0.15, 0.2) is 46.5 Å². The van der Waals surface area contributed by atoms with Crippen molar-refractivity contribution in [1.29, 1.82) is 0 Å². The number of pyridine rings is 1. The lowest BCUT2D eigenvalue weighted by atomic mass is 10.1. The fourth-order valence-electron chi connectivity index (χ4n) is 2.76. The third kappa shape index (κ3) is 4.92. The second-order valence-corrected chi connectivity index (χ2v) is 7.69. The zero-order valence-corrected chi connectivity index (χ0v) is 18.4. The van der Waals surface area contributed by atoms with E-state index < -0.39 is 0 Å². The van der Waals surface area contributed by atoms with Gasteiger partial charge in [-0.25, -0.2) is 4.98 Å². The lowest BCUT2D eigenvalue weighted by molar-refractivity contribution is -0.118. The summed E-state index contributed by atoms with van der Waals surface area (Å²) in [6, 6.07) is 7.25. The highest BCUT2D eigenvalue weighted by molar-refractivity contribution is 9.10. The Morgan fingerprint density at radius 1 is 1.21 bits per heavy atom. The summed E-state index contributed by atoms with van der Waals surface area (Å²) in [6.07, 6.45) is 3.50. The van der Waals surface area contributed by atoms with E-state index in [-0.39, 0.29) is 25.5 Å². The van der Waals surface area contributed by atoms with Gasteiger partial charge in [0.15, 0.2) is 16.6 Å². The molecule has 0 fully saturated rings. The minimum atomic E-state index is -0.178. The van der Waals surface area contributed by atoms with Crippen molar-refractivity contribution in [3.63, 3.8) is 0 Å². The van der Waals surface area contributed by atoms with Crippen LogP contribution in [0.2, 0.25) is 0 Å². The summed E-state index contributed by atoms with van der Waals surface area (Å²) in [6.45, 7) is -0.00391. The number of benzene rings is 1. The molecule has 0 aliphatic carbocycles. The van der Waals surface area contributed by atoms with Gasteiger partial charge in [-0.1, -0.05) is 15.9 Å². The molecule has 0 aliphatic rings. The Balaban J connectivity index is 1.85. The Kier molecular flexibility index (Phi) is 7.18. The summed E-state index contributed by atoms with van der Waals surface area (Å²) in [5.74, 6) is 0.939. The highest BCUT2D eigenvalue weighted by atomic mass is 79.9. The van der Waals surface area contributed by atoms with E-state index in [0.717, 1.165) is 21.3 Å². The summed E-state index contributed by atoms with van der Waals surface area (Å²) < 4.78 is 11.4. The van der Waals surface area contributed by atoms with Crippen molar-refractivity contribution in [2.45, 2.75) is 6.42 Å². The molecule has 0 radical (unpaired) electrons. The average Bonchev–Trinajstić information content (AvgIpc) is 3.23. The number of carbonyl (C=O) groups is 1. The fourth-order valence-corrected chi connectivity index (χ4v) is 4.10. The maximum atomic E-state index is 13.0. The first-order valence-corrected chi connectivity index (χ1v) is 10.4. The van der Waals surface area contributed by atoms with Crippen LogP contribution >= 0.6 is 27.3 Å². The number of hydrogen-bond acceptors (Lipinski definition) is 7. The molecule has 0 spiro atoms. The smallest absolute Gasteiger partial charge is 0.233 e. The average molecular weight is 478 g/mol. The van der Waals surface area contributed by atoms with Crippen LogP contribution in [0, 0.1) is 0 Å². The predicted octanol–water partition coefficient (Wildman–Crippen LogP) is 3.55. The highest BCUT2D eigenvalue weighted by Gasteiger charge is 2.21. The maximum Gasteiger partial charge on any atom is 0.233 e. The topological polar surface area (TPSA) is 84.8 Å².